The van der Waals surface area contributed by atoms with Gasteiger partial charge >= 0.3 is 0 Å². The van der Waals surface area contributed by atoms with Crippen molar-refractivity contribution in [1.82, 2.24) is 20.1 Å². The fraction of sp³-hybridized carbons (Fsp3) is 0.0870. The molecule has 4 rings (SSSR count). The molecule has 0 atom stereocenters. The first-order valence-electron chi connectivity index (χ1n) is 9.20. The Morgan fingerprint density at radius 2 is 1.83 bits per heavy atom. The minimum absolute atomic E-state index is 0.230. The molecule has 4 aromatic rings. The van der Waals surface area contributed by atoms with E-state index >= 15 is 0 Å². The number of amides is 1. The van der Waals surface area contributed by atoms with Crippen LogP contribution in [0.15, 0.2) is 79.3 Å². The topological polar surface area (TPSA) is 59.8 Å². The highest BCUT2D eigenvalue weighted by molar-refractivity contribution is 5.99. The molecule has 0 fully saturated rings. The van der Waals surface area contributed by atoms with Crippen LogP contribution in [0.1, 0.15) is 21.5 Å². The van der Waals surface area contributed by atoms with Gasteiger partial charge < -0.3 is 5.32 Å². The van der Waals surface area contributed by atoms with E-state index in [9.17, 15) is 9.18 Å². The standard InChI is InChI=1S/C23H19FN4O/c1-16-3-2-4-18(13-16)22-21(23(29)26-14-17-9-11-25-12-10-17)15-28(27-22)20-7-5-19(24)6-8-20/h2-13,15H,14H2,1H3,(H,26,29). The molecule has 0 bridgehead atoms. The second kappa shape index (κ2) is 8.06. The fourth-order valence-corrected chi connectivity index (χ4v) is 3.05. The zero-order valence-corrected chi connectivity index (χ0v) is 15.8. The molecule has 0 radical (unpaired) electrons. The van der Waals surface area contributed by atoms with Crippen molar-refractivity contribution in [2.45, 2.75) is 13.5 Å². The minimum atomic E-state index is -0.324. The predicted molar refractivity (Wildman–Crippen MR) is 109 cm³/mol. The number of halogens is 1. The van der Waals surface area contributed by atoms with Crippen LogP contribution in [0.3, 0.4) is 0 Å². The van der Waals surface area contributed by atoms with Crippen LogP contribution < -0.4 is 5.32 Å². The number of aromatic nitrogens is 3. The molecule has 0 aliphatic rings. The Hall–Kier alpha value is -3.80. The number of pyridine rings is 1. The summed E-state index contributed by atoms with van der Waals surface area (Å²) in [4.78, 5) is 16.9. The number of nitrogens with one attached hydrogen (secondary N) is 1. The summed E-state index contributed by atoms with van der Waals surface area (Å²) < 4.78 is 14.9. The number of rotatable bonds is 5. The van der Waals surface area contributed by atoms with Crippen molar-refractivity contribution in [3.05, 3.63) is 102 Å². The molecule has 0 saturated carbocycles. The molecule has 1 amide bonds. The summed E-state index contributed by atoms with van der Waals surface area (Å²) in [5.41, 5.74) is 4.58. The summed E-state index contributed by atoms with van der Waals surface area (Å²) in [5.74, 6) is -0.554. The molecule has 2 heterocycles. The van der Waals surface area contributed by atoms with Gasteiger partial charge in [0.2, 0.25) is 0 Å². The van der Waals surface area contributed by atoms with Gasteiger partial charge in [-0.1, -0.05) is 23.8 Å². The van der Waals surface area contributed by atoms with Gasteiger partial charge in [0.25, 0.3) is 5.91 Å². The third-order valence-electron chi connectivity index (χ3n) is 4.54. The molecule has 0 saturated heterocycles. The van der Waals surface area contributed by atoms with Crippen LogP contribution in [-0.4, -0.2) is 20.7 Å². The molecular formula is C23H19FN4O. The van der Waals surface area contributed by atoms with Crippen molar-refractivity contribution >= 4 is 5.91 Å². The van der Waals surface area contributed by atoms with Gasteiger partial charge in [0, 0.05) is 30.7 Å². The van der Waals surface area contributed by atoms with Crippen LogP contribution in [0.2, 0.25) is 0 Å². The molecule has 1 N–H and O–H groups in total. The minimum Gasteiger partial charge on any atom is -0.348 e. The monoisotopic (exact) mass is 386 g/mol. The summed E-state index contributed by atoms with van der Waals surface area (Å²) in [6, 6.07) is 17.5. The van der Waals surface area contributed by atoms with Crippen LogP contribution in [0.25, 0.3) is 16.9 Å². The van der Waals surface area contributed by atoms with Crippen molar-refractivity contribution in [1.29, 1.82) is 0 Å². The highest BCUT2D eigenvalue weighted by Gasteiger charge is 2.18. The van der Waals surface area contributed by atoms with Crippen molar-refractivity contribution in [3.8, 4) is 16.9 Å². The molecule has 0 unspecified atom stereocenters. The third-order valence-corrected chi connectivity index (χ3v) is 4.54. The number of hydrogen-bond donors (Lipinski definition) is 1. The zero-order valence-electron chi connectivity index (χ0n) is 15.8. The highest BCUT2D eigenvalue weighted by atomic mass is 19.1. The van der Waals surface area contributed by atoms with Gasteiger partial charge in [-0.15, -0.1) is 0 Å². The van der Waals surface area contributed by atoms with Crippen LogP contribution in [-0.2, 0) is 6.54 Å². The SMILES string of the molecule is Cc1cccc(-c2nn(-c3ccc(F)cc3)cc2C(=O)NCc2ccncc2)c1. The van der Waals surface area contributed by atoms with E-state index in [0.29, 0.717) is 23.5 Å². The number of carbonyl (C=O) groups is 1. The van der Waals surface area contributed by atoms with Gasteiger partial charge in [0.05, 0.1) is 11.3 Å². The van der Waals surface area contributed by atoms with Gasteiger partial charge in [-0.25, -0.2) is 9.07 Å². The second-order valence-corrected chi connectivity index (χ2v) is 6.72. The van der Waals surface area contributed by atoms with E-state index in [1.54, 1.807) is 35.4 Å². The van der Waals surface area contributed by atoms with E-state index in [4.69, 9.17) is 0 Å². The predicted octanol–water partition coefficient (Wildman–Crippen LogP) is 4.31. The average molecular weight is 386 g/mol. The zero-order chi connectivity index (χ0) is 20.2. The van der Waals surface area contributed by atoms with E-state index < -0.39 is 0 Å². The van der Waals surface area contributed by atoms with Gasteiger partial charge in [0.15, 0.2) is 0 Å². The lowest BCUT2D eigenvalue weighted by molar-refractivity contribution is 0.0951. The first kappa shape index (κ1) is 18.6. The molecule has 0 spiro atoms. The van der Waals surface area contributed by atoms with Gasteiger partial charge in [-0.3, -0.25) is 9.78 Å². The van der Waals surface area contributed by atoms with E-state index in [0.717, 1.165) is 16.7 Å². The van der Waals surface area contributed by atoms with E-state index in [2.05, 4.69) is 15.4 Å². The molecular weight excluding hydrogens is 367 g/mol. The average Bonchev–Trinajstić information content (AvgIpc) is 3.19. The normalized spacial score (nSPS) is 10.7. The van der Waals surface area contributed by atoms with Crippen LogP contribution in [0.5, 0.6) is 0 Å². The highest BCUT2D eigenvalue weighted by Crippen LogP contribution is 2.25. The third kappa shape index (κ3) is 4.21. The van der Waals surface area contributed by atoms with E-state index in [1.807, 2.05) is 43.3 Å². The first-order valence-corrected chi connectivity index (χ1v) is 9.20. The van der Waals surface area contributed by atoms with Crippen molar-refractivity contribution in [3.63, 3.8) is 0 Å². The largest absolute Gasteiger partial charge is 0.348 e. The fourth-order valence-electron chi connectivity index (χ4n) is 3.05. The summed E-state index contributed by atoms with van der Waals surface area (Å²) in [7, 11) is 0. The lowest BCUT2D eigenvalue weighted by Gasteiger charge is -2.06. The van der Waals surface area contributed by atoms with Gasteiger partial charge in [-0.2, -0.15) is 5.10 Å². The molecule has 2 aromatic carbocycles. The maximum Gasteiger partial charge on any atom is 0.255 e. The Morgan fingerprint density at radius 1 is 1.07 bits per heavy atom. The number of aryl methyl sites for hydroxylation is 1. The van der Waals surface area contributed by atoms with Gasteiger partial charge in [-0.05, 0) is 55.0 Å². The molecule has 2 aromatic heterocycles. The first-order chi connectivity index (χ1) is 14.1. The van der Waals surface area contributed by atoms with Crippen LogP contribution in [0, 0.1) is 12.7 Å². The number of carbonyl (C=O) groups excluding carboxylic acids is 1. The maximum atomic E-state index is 13.3. The van der Waals surface area contributed by atoms with E-state index in [-0.39, 0.29) is 11.7 Å². The summed E-state index contributed by atoms with van der Waals surface area (Å²) in [5, 5.41) is 7.55. The quantitative estimate of drug-likeness (QED) is 0.556. The Bertz CT molecular complexity index is 1140. The molecule has 5 nitrogen and oxygen atoms in total. The second-order valence-electron chi connectivity index (χ2n) is 6.72. The summed E-state index contributed by atoms with van der Waals surface area (Å²) >= 11 is 0. The number of benzene rings is 2. The Labute approximate surface area is 167 Å². The Morgan fingerprint density at radius 3 is 2.55 bits per heavy atom. The van der Waals surface area contributed by atoms with Crippen LogP contribution >= 0.6 is 0 Å². The molecule has 6 heteroatoms. The molecule has 29 heavy (non-hydrogen) atoms. The summed E-state index contributed by atoms with van der Waals surface area (Å²) in [6.45, 7) is 2.37. The van der Waals surface area contributed by atoms with Gasteiger partial charge in [0.1, 0.15) is 11.5 Å². The maximum absolute atomic E-state index is 13.3. The smallest absolute Gasteiger partial charge is 0.255 e. The molecule has 0 aliphatic carbocycles. The number of hydrogen-bond acceptors (Lipinski definition) is 3. The molecule has 0 aliphatic heterocycles. The lowest BCUT2D eigenvalue weighted by Crippen LogP contribution is -2.23. The number of nitrogens with zero attached hydrogens (tertiary/aromatic N) is 3. The Kier molecular flexibility index (Phi) is 5.16. The molecule has 144 valence electrons. The van der Waals surface area contributed by atoms with Crippen molar-refractivity contribution in [2.24, 2.45) is 0 Å². The van der Waals surface area contributed by atoms with E-state index in [1.165, 1.54) is 12.1 Å². The Balaban J connectivity index is 1.70. The van der Waals surface area contributed by atoms with Crippen molar-refractivity contribution in [2.75, 3.05) is 0 Å². The summed E-state index contributed by atoms with van der Waals surface area (Å²) in [6.07, 6.45) is 5.05. The lowest BCUT2D eigenvalue weighted by atomic mass is 10.1. The van der Waals surface area contributed by atoms with Crippen molar-refractivity contribution < 1.29 is 9.18 Å². The van der Waals surface area contributed by atoms with Crippen LogP contribution in [0.4, 0.5) is 4.39 Å².